The van der Waals surface area contributed by atoms with Crippen LogP contribution in [-0.2, 0) is 4.79 Å². The van der Waals surface area contributed by atoms with Crippen LogP contribution < -0.4 is 5.32 Å². The Morgan fingerprint density at radius 1 is 1.31 bits per heavy atom. The van der Waals surface area contributed by atoms with E-state index in [1.807, 2.05) is 0 Å². The molecule has 1 unspecified atom stereocenters. The number of ketones is 1. The minimum Gasteiger partial charge on any atom is -0.342 e. The van der Waals surface area contributed by atoms with Gasteiger partial charge in [0.05, 0.1) is 11.6 Å². The minimum absolute atomic E-state index is 0.240. The molecule has 0 aliphatic heterocycles. The highest BCUT2D eigenvalue weighted by molar-refractivity contribution is 5.97. The minimum atomic E-state index is -0.951. The third kappa shape index (κ3) is 2.85. The van der Waals surface area contributed by atoms with Crippen molar-refractivity contribution in [2.75, 3.05) is 0 Å². The predicted octanol–water partition coefficient (Wildman–Crippen LogP) is 1.67. The SMILES string of the molecule is CC(=O)C(C)NC(=O)c1ccc(F)cc1F. The first-order valence-corrected chi connectivity index (χ1v) is 4.68. The molecule has 0 aromatic heterocycles. The Labute approximate surface area is 91.5 Å². The Hall–Kier alpha value is -1.78. The van der Waals surface area contributed by atoms with E-state index >= 15 is 0 Å². The normalized spacial score (nSPS) is 12.0. The van der Waals surface area contributed by atoms with Crippen molar-refractivity contribution in [1.29, 1.82) is 0 Å². The standard InChI is InChI=1S/C11H11F2NO2/c1-6(7(2)15)14-11(16)9-4-3-8(12)5-10(9)13/h3-6H,1-2H3,(H,14,16). The molecule has 16 heavy (non-hydrogen) atoms. The second kappa shape index (κ2) is 4.83. The van der Waals surface area contributed by atoms with E-state index in [1.54, 1.807) is 0 Å². The van der Waals surface area contributed by atoms with Crippen LogP contribution in [0.2, 0.25) is 0 Å². The molecule has 1 aromatic rings. The highest BCUT2D eigenvalue weighted by Gasteiger charge is 2.16. The summed E-state index contributed by atoms with van der Waals surface area (Å²) in [6, 6.07) is 1.94. The molecule has 0 saturated carbocycles. The molecule has 0 fully saturated rings. The summed E-state index contributed by atoms with van der Waals surface area (Å²) in [5.74, 6) is -2.68. The van der Waals surface area contributed by atoms with Gasteiger partial charge in [-0.15, -0.1) is 0 Å². The van der Waals surface area contributed by atoms with Crippen LogP contribution in [0, 0.1) is 11.6 Å². The van der Waals surface area contributed by atoms with Crippen LogP contribution in [0.15, 0.2) is 18.2 Å². The fraction of sp³-hybridized carbons (Fsp3) is 0.273. The zero-order valence-corrected chi connectivity index (χ0v) is 8.88. The molecule has 86 valence electrons. The monoisotopic (exact) mass is 227 g/mol. The quantitative estimate of drug-likeness (QED) is 0.853. The fourth-order valence-electron chi connectivity index (χ4n) is 1.05. The molecule has 1 aromatic carbocycles. The van der Waals surface area contributed by atoms with E-state index < -0.39 is 23.6 Å². The van der Waals surface area contributed by atoms with Crippen LogP contribution >= 0.6 is 0 Å². The first-order chi connectivity index (χ1) is 7.41. The molecule has 1 atom stereocenters. The van der Waals surface area contributed by atoms with Gasteiger partial charge in [0.1, 0.15) is 11.6 Å². The second-order valence-corrected chi connectivity index (χ2v) is 3.43. The van der Waals surface area contributed by atoms with Crippen molar-refractivity contribution in [3.05, 3.63) is 35.4 Å². The van der Waals surface area contributed by atoms with E-state index in [0.29, 0.717) is 6.07 Å². The van der Waals surface area contributed by atoms with Gasteiger partial charge in [-0.25, -0.2) is 8.78 Å². The number of hydrogen-bond acceptors (Lipinski definition) is 2. The number of hydrogen-bond donors (Lipinski definition) is 1. The third-order valence-electron chi connectivity index (χ3n) is 2.13. The van der Waals surface area contributed by atoms with Crippen molar-refractivity contribution < 1.29 is 18.4 Å². The molecule has 0 heterocycles. The molecule has 0 bridgehead atoms. The van der Waals surface area contributed by atoms with Gasteiger partial charge in [0, 0.05) is 6.07 Å². The van der Waals surface area contributed by atoms with E-state index in [4.69, 9.17) is 0 Å². The molecule has 0 spiro atoms. The average Bonchev–Trinajstić information content (AvgIpc) is 2.16. The van der Waals surface area contributed by atoms with Gasteiger partial charge in [-0.05, 0) is 26.0 Å². The van der Waals surface area contributed by atoms with Gasteiger partial charge in [0.15, 0.2) is 5.78 Å². The van der Waals surface area contributed by atoms with Crippen LogP contribution in [0.3, 0.4) is 0 Å². The van der Waals surface area contributed by atoms with E-state index in [0.717, 1.165) is 12.1 Å². The summed E-state index contributed by atoms with van der Waals surface area (Å²) in [7, 11) is 0. The summed E-state index contributed by atoms with van der Waals surface area (Å²) in [4.78, 5) is 22.3. The number of nitrogens with one attached hydrogen (secondary N) is 1. The van der Waals surface area contributed by atoms with Crippen LogP contribution in [0.5, 0.6) is 0 Å². The Morgan fingerprint density at radius 3 is 2.44 bits per heavy atom. The molecule has 1 rings (SSSR count). The van der Waals surface area contributed by atoms with Crippen LogP contribution in [0.25, 0.3) is 0 Å². The highest BCUT2D eigenvalue weighted by Crippen LogP contribution is 2.09. The van der Waals surface area contributed by atoms with Gasteiger partial charge in [0.2, 0.25) is 0 Å². The summed E-state index contributed by atoms with van der Waals surface area (Å²) < 4.78 is 25.7. The number of carbonyl (C=O) groups is 2. The molecular weight excluding hydrogens is 216 g/mol. The lowest BCUT2D eigenvalue weighted by Crippen LogP contribution is -2.37. The van der Waals surface area contributed by atoms with Crippen molar-refractivity contribution >= 4 is 11.7 Å². The molecule has 0 radical (unpaired) electrons. The number of benzene rings is 1. The lowest BCUT2D eigenvalue weighted by Gasteiger charge is -2.10. The summed E-state index contributed by atoms with van der Waals surface area (Å²) in [5.41, 5.74) is -0.283. The van der Waals surface area contributed by atoms with Gasteiger partial charge >= 0.3 is 0 Å². The first-order valence-electron chi connectivity index (χ1n) is 4.68. The maximum absolute atomic E-state index is 13.2. The van der Waals surface area contributed by atoms with Gasteiger partial charge in [0.25, 0.3) is 5.91 Å². The number of carbonyl (C=O) groups excluding carboxylic acids is 2. The van der Waals surface area contributed by atoms with Crippen LogP contribution in [0.1, 0.15) is 24.2 Å². The average molecular weight is 227 g/mol. The Morgan fingerprint density at radius 2 is 1.94 bits per heavy atom. The number of halogens is 2. The summed E-state index contributed by atoms with van der Waals surface area (Å²) in [6.45, 7) is 2.80. The van der Waals surface area contributed by atoms with E-state index in [2.05, 4.69) is 5.32 Å². The molecule has 0 aliphatic rings. The number of Topliss-reactive ketones (excluding diaryl/α,β-unsaturated/α-hetero) is 1. The third-order valence-corrected chi connectivity index (χ3v) is 2.13. The largest absolute Gasteiger partial charge is 0.342 e. The molecular formula is C11H11F2NO2. The molecule has 1 N–H and O–H groups in total. The Bertz CT molecular complexity index is 432. The van der Waals surface area contributed by atoms with Gasteiger partial charge in [-0.2, -0.15) is 0 Å². The molecule has 3 nitrogen and oxygen atoms in total. The number of amides is 1. The predicted molar refractivity (Wildman–Crippen MR) is 54.0 cm³/mol. The van der Waals surface area contributed by atoms with E-state index in [-0.39, 0.29) is 11.3 Å². The van der Waals surface area contributed by atoms with Crippen LogP contribution in [-0.4, -0.2) is 17.7 Å². The smallest absolute Gasteiger partial charge is 0.254 e. The van der Waals surface area contributed by atoms with Crippen molar-refractivity contribution in [3.8, 4) is 0 Å². The zero-order chi connectivity index (χ0) is 12.3. The molecule has 0 aliphatic carbocycles. The van der Waals surface area contributed by atoms with Gasteiger partial charge in [-0.3, -0.25) is 9.59 Å². The van der Waals surface area contributed by atoms with Gasteiger partial charge < -0.3 is 5.32 Å². The van der Waals surface area contributed by atoms with Crippen molar-refractivity contribution in [1.82, 2.24) is 5.32 Å². The van der Waals surface area contributed by atoms with Crippen molar-refractivity contribution in [2.24, 2.45) is 0 Å². The first kappa shape index (κ1) is 12.3. The summed E-state index contributed by atoms with van der Waals surface area (Å²) in [5, 5.41) is 2.30. The summed E-state index contributed by atoms with van der Waals surface area (Å²) >= 11 is 0. The van der Waals surface area contributed by atoms with Crippen molar-refractivity contribution in [2.45, 2.75) is 19.9 Å². The van der Waals surface area contributed by atoms with Crippen LogP contribution in [0.4, 0.5) is 8.78 Å². The number of rotatable bonds is 3. The Balaban J connectivity index is 2.85. The maximum atomic E-state index is 13.2. The van der Waals surface area contributed by atoms with Gasteiger partial charge in [-0.1, -0.05) is 0 Å². The Kier molecular flexibility index (Phi) is 3.71. The summed E-state index contributed by atoms with van der Waals surface area (Å²) in [6.07, 6.45) is 0. The maximum Gasteiger partial charge on any atom is 0.254 e. The second-order valence-electron chi connectivity index (χ2n) is 3.43. The molecule has 0 saturated heterocycles. The van der Waals surface area contributed by atoms with E-state index in [1.165, 1.54) is 13.8 Å². The lowest BCUT2D eigenvalue weighted by atomic mass is 10.1. The lowest BCUT2D eigenvalue weighted by molar-refractivity contribution is -0.118. The highest BCUT2D eigenvalue weighted by atomic mass is 19.1. The topological polar surface area (TPSA) is 46.2 Å². The molecule has 5 heteroatoms. The fourth-order valence-corrected chi connectivity index (χ4v) is 1.05. The van der Waals surface area contributed by atoms with Crippen molar-refractivity contribution in [3.63, 3.8) is 0 Å². The van der Waals surface area contributed by atoms with E-state index in [9.17, 15) is 18.4 Å². The molecule has 1 amide bonds. The zero-order valence-electron chi connectivity index (χ0n) is 8.88.